The Morgan fingerprint density at radius 3 is 2.07 bits per heavy atom. The molecule has 0 aromatic heterocycles. The predicted octanol–water partition coefficient (Wildman–Crippen LogP) is -0.688. The fourth-order valence-corrected chi connectivity index (χ4v) is 1.35. The van der Waals surface area contributed by atoms with Crippen molar-refractivity contribution in [3.05, 3.63) is 0 Å². The van der Waals surface area contributed by atoms with E-state index in [0.29, 0.717) is 0 Å². The van der Waals surface area contributed by atoms with Crippen LogP contribution in [0.5, 0.6) is 0 Å². The van der Waals surface area contributed by atoms with E-state index in [1.54, 1.807) is 0 Å². The monoisotopic (exact) mass is 216 g/mol. The van der Waals surface area contributed by atoms with Crippen molar-refractivity contribution in [2.75, 3.05) is 0 Å². The summed E-state index contributed by atoms with van der Waals surface area (Å²) in [6.07, 6.45) is -0.266. The molecule has 0 bridgehead atoms. The number of ketones is 1. The molecule has 0 spiro atoms. The van der Waals surface area contributed by atoms with Gasteiger partial charge in [-0.2, -0.15) is 0 Å². The second-order valence-electron chi connectivity index (χ2n) is 2.97. The third-order valence-corrected chi connectivity index (χ3v) is 1.99. The van der Waals surface area contributed by atoms with Gasteiger partial charge in [-0.3, -0.25) is 14.4 Å². The van der Waals surface area contributed by atoms with Crippen LogP contribution in [0, 0.1) is 5.92 Å². The standard InChI is InChI=1S/C8H12N2O3S/c1-4(11)2-6(14)5(8(10)13)3-7(9)12/h5H,2-3H2,1H3,(H2,9,12)(H2,10,13)/t5-/m1/s1. The van der Waals surface area contributed by atoms with Gasteiger partial charge in [0.25, 0.3) is 0 Å². The summed E-state index contributed by atoms with van der Waals surface area (Å²) >= 11 is 4.82. The van der Waals surface area contributed by atoms with E-state index in [9.17, 15) is 14.4 Å². The van der Waals surface area contributed by atoms with E-state index in [0.717, 1.165) is 0 Å². The summed E-state index contributed by atoms with van der Waals surface area (Å²) in [7, 11) is 0. The number of carbonyl (C=O) groups excluding carboxylic acids is 3. The van der Waals surface area contributed by atoms with E-state index < -0.39 is 17.7 Å². The average molecular weight is 216 g/mol. The highest BCUT2D eigenvalue weighted by molar-refractivity contribution is 7.80. The van der Waals surface area contributed by atoms with Gasteiger partial charge in [0.1, 0.15) is 5.78 Å². The fraction of sp³-hybridized carbons (Fsp3) is 0.500. The minimum absolute atomic E-state index is 0.0315. The van der Waals surface area contributed by atoms with Gasteiger partial charge in [0.2, 0.25) is 11.8 Å². The molecule has 0 aliphatic heterocycles. The number of hydrogen-bond acceptors (Lipinski definition) is 4. The Kier molecular flexibility index (Phi) is 4.93. The first-order valence-electron chi connectivity index (χ1n) is 3.94. The number of rotatable bonds is 6. The molecule has 1 atom stereocenters. The lowest BCUT2D eigenvalue weighted by atomic mass is 9.97. The fourth-order valence-electron chi connectivity index (χ4n) is 0.943. The smallest absolute Gasteiger partial charge is 0.226 e. The molecule has 4 N–H and O–H groups in total. The van der Waals surface area contributed by atoms with Crippen molar-refractivity contribution >= 4 is 34.7 Å². The Balaban J connectivity index is 4.49. The van der Waals surface area contributed by atoms with Crippen LogP contribution in [-0.2, 0) is 14.4 Å². The number of carbonyl (C=O) groups is 3. The van der Waals surface area contributed by atoms with Gasteiger partial charge in [-0.25, -0.2) is 0 Å². The zero-order chi connectivity index (χ0) is 11.3. The number of amides is 2. The summed E-state index contributed by atoms with van der Waals surface area (Å²) in [5.74, 6) is -2.48. The Morgan fingerprint density at radius 2 is 1.79 bits per heavy atom. The Morgan fingerprint density at radius 1 is 1.29 bits per heavy atom. The molecule has 0 fully saturated rings. The molecular weight excluding hydrogens is 204 g/mol. The van der Waals surface area contributed by atoms with Gasteiger partial charge in [-0.05, 0) is 6.92 Å². The Labute approximate surface area is 86.8 Å². The molecule has 2 amide bonds. The lowest BCUT2D eigenvalue weighted by Gasteiger charge is -2.11. The normalized spacial score (nSPS) is 11.8. The van der Waals surface area contributed by atoms with Crippen LogP contribution in [0.1, 0.15) is 19.8 Å². The van der Waals surface area contributed by atoms with Crippen LogP contribution in [0.2, 0.25) is 0 Å². The summed E-state index contributed by atoms with van der Waals surface area (Å²) < 4.78 is 0. The van der Waals surface area contributed by atoms with Crippen molar-refractivity contribution in [2.24, 2.45) is 17.4 Å². The third kappa shape index (κ3) is 4.66. The van der Waals surface area contributed by atoms with E-state index in [1.165, 1.54) is 6.92 Å². The van der Waals surface area contributed by atoms with Crippen LogP contribution in [0.3, 0.4) is 0 Å². The van der Waals surface area contributed by atoms with Crippen LogP contribution in [0.15, 0.2) is 0 Å². The van der Waals surface area contributed by atoms with Crippen LogP contribution in [0.25, 0.3) is 0 Å². The van der Waals surface area contributed by atoms with E-state index >= 15 is 0 Å². The number of thiocarbonyl (C=S) groups is 1. The quantitative estimate of drug-likeness (QED) is 0.573. The van der Waals surface area contributed by atoms with Gasteiger partial charge in [-0.15, -0.1) is 0 Å². The lowest BCUT2D eigenvalue weighted by Crippen LogP contribution is -2.33. The first kappa shape index (κ1) is 12.7. The number of nitrogens with two attached hydrogens (primary N) is 2. The molecule has 0 saturated heterocycles. The lowest BCUT2D eigenvalue weighted by molar-refractivity contribution is -0.125. The minimum atomic E-state index is -0.911. The van der Waals surface area contributed by atoms with Crippen molar-refractivity contribution in [1.29, 1.82) is 0 Å². The second-order valence-corrected chi connectivity index (χ2v) is 3.49. The molecule has 0 aliphatic carbocycles. The van der Waals surface area contributed by atoms with Crippen molar-refractivity contribution < 1.29 is 14.4 Å². The van der Waals surface area contributed by atoms with Crippen LogP contribution in [0.4, 0.5) is 0 Å². The van der Waals surface area contributed by atoms with Crippen molar-refractivity contribution in [3.63, 3.8) is 0 Å². The SMILES string of the molecule is CC(=O)CC(=S)[C@@H](CC(N)=O)C(N)=O. The number of primary amides is 2. The van der Waals surface area contributed by atoms with Crippen LogP contribution < -0.4 is 11.5 Å². The van der Waals surface area contributed by atoms with Gasteiger partial charge in [0, 0.05) is 17.7 Å². The number of Topliss-reactive ketones (excluding diaryl/α,β-unsaturated/α-hetero) is 1. The molecule has 0 aromatic carbocycles. The largest absolute Gasteiger partial charge is 0.370 e. The highest BCUT2D eigenvalue weighted by Gasteiger charge is 2.23. The maximum absolute atomic E-state index is 10.9. The predicted molar refractivity (Wildman–Crippen MR) is 54.4 cm³/mol. The van der Waals surface area contributed by atoms with E-state index in [4.69, 9.17) is 23.7 Å². The second kappa shape index (κ2) is 5.43. The molecule has 0 radical (unpaired) electrons. The molecule has 0 aliphatic rings. The maximum atomic E-state index is 10.9. The van der Waals surface area contributed by atoms with Crippen molar-refractivity contribution in [2.45, 2.75) is 19.8 Å². The summed E-state index contributed by atoms with van der Waals surface area (Å²) in [5, 5.41) is 0. The van der Waals surface area contributed by atoms with E-state index in [2.05, 4.69) is 0 Å². The molecule has 0 aromatic rings. The zero-order valence-electron chi connectivity index (χ0n) is 7.78. The summed E-state index contributed by atoms with van der Waals surface area (Å²) in [5.41, 5.74) is 9.92. The summed E-state index contributed by atoms with van der Waals surface area (Å²) in [4.78, 5) is 32.3. The Hall–Kier alpha value is -1.30. The van der Waals surface area contributed by atoms with Gasteiger partial charge in [0.15, 0.2) is 0 Å². The van der Waals surface area contributed by atoms with Gasteiger partial charge in [0.05, 0.1) is 5.92 Å². The molecule has 0 saturated carbocycles. The molecule has 0 unspecified atom stereocenters. The van der Waals surface area contributed by atoms with Gasteiger partial charge >= 0.3 is 0 Å². The summed E-state index contributed by atoms with van der Waals surface area (Å²) in [6.45, 7) is 1.34. The van der Waals surface area contributed by atoms with E-state index in [1.807, 2.05) is 0 Å². The van der Waals surface area contributed by atoms with Crippen molar-refractivity contribution in [1.82, 2.24) is 0 Å². The molecule has 78 valence electrons. The minimum Gasteiger partial charge on any atom is -0.370 e. The summed E-state index contributed by atoms with van der Waals surface area (Å²) in [6, 6.07) is 0. The van der Waals surface area contributed by atoms with Gasteiger partial charge in [-0.1, -0.05) is 12.2 Å². The molecule has 5 nitrogen and oxygen atoms in total. The molecule has 0 heterocycles. The highest BCUT2D eigenvalue weighted by atomic mass is 32.1. The van der Waals surface area contributed by atoms with Crippen LogP contribution in [-0.4, -0.2) is 22.5 Å². The molecule has 6 heteroatoms. The maximum Gasteiger partial charge on any atom is 0.226 e. The van der Waals surface area contributed by atoms with Gasteiger partial charge < -0.3 is 11.5 Å². The average Bonchev–Trinajstić information content (AvgIpc) is 1.97. The topological polar surface area (TPSA) is 103 Å². The molecular formula is C8H12N2O3S. The van der Waals surface area contributed by atoms with Crippen LogP contribution >= 0.6 is 12.2 Å². The van der Waals surface area contributed by atoms with Crippen molar-refractivity contribution in [3.8, 4) is 0 Å². The first-order chi connectivity index (χ1) is 6.34. The zero-order valence-corrected chi connectivity index (χ0v) is 8.60. The van der Waals surface area contributed by atoms with E-state index in [-0.39, 0.29) is 23.5 Å². The molecule has 0 rings (SSSR count). The number of hydrogen-bond donors (Lipinski definition) is 2. The highest BCUT2D eigenvalue weighted by Crippen LogP contribution is 2.08. The molecule has 14 heavy (non-hydrogen) atoms. The third-order valence-electron chi connectivity index (χ3n) is 1.56. The Bertz CT molecular complexity index is 288. The first-order valence-corrected chi connectivity index (χ1v) is 4.35.